The van der Waals surface area contributed by atoms with E-state index in [0.717, 1.165) is 32.1 Å². The third-order valence-electron chi connectivity index (χ3n) is 3.47. The molecule has 2 heteroatoms. The maximum Gasteiger partial charge on any atom is 0.0651 e. The van der Waals surface area contributed by atoms with Crippen molar-refractivity contribution in [2.75, 3.05) is 0 Å². The molecule has 1 aliphatic carbocycles. The van der Waals surface area contributed by atoms with Crippen molar-refractivity contribution in [2.45, 2.75) is 70.4 Å². The van der Waals surface area contributed by atoms with E-state index in [-0.39, 0.29) is 0 Å². The van der Waals surface area contributed by atoms with E-state index in [2.05, 4.69) is 13.8 Å². The molecule has 1 rings (SSSR count). The van der Waals surface area contributed by atoms with Crippen LogP contribution in [0.5, 0.6) is 0 Å². The van der Waals surface area contributed by atoms with E-state index in [1.807, 2.05) is 0 Å². The van der Waals surface area contributed by atoms with Gasteiger partial charge in [-0.1, -0.05) is 26.7 Å². The first-order valence-corrected chi connectivity index (χ1v) is 6.04. The largest absolute Gasteiger partial charge is 0.390 e. The summed E-state index contributed by atoms with van der Waals surface area (Å²) in [5.41, 5.74) is 5.44. The first-order valence-electron chi connectivity index (χ1n) is 6.04. The van der Waals surface area contributed by atoms with Gasteiger partial charge in [-0.3, -0.25) is 0 Å². The molecule has 3 N–H and O–H groups in total. The predicted molar refractivity (Wildman–Crippen MR) is 60.1 cm³/mol. The molecule has 0 aromatic heterocycles. The molecule has 0 heterocycles. The predicted octanol–water partition coefficient (Wildman–Crippen LogP) is 2.45. The smallest absolute Gasteiger partial charge is 0.0651 e. The third kappa shape index (κ3) is 3.58. The maximum atomic E-state index is 10.3. The van der Waals surface area contributed by atoms with E-state index < -0.39 is 5.60 Å². The Bertz CT molecular complexity index is 162. The Morgan fingerprint density at radius 2 is 2.00 bits per heavy atom. The first-order chi connectivity index (χ1) is 6.56. The molecule has 1 aliphatic rings. The second-order valence-corrected chi connectivity index (χ2v) is 5.16. The molecular formula is C12H25NO. The van der Waals surface area contributed by atoms with Crippen LogP contribution in [0.4, 0.5) is 0 Å². The van der Waals surface area contributed by atoms with Crippen molar-refractivity contribution in [3.63, 3.8) is 0 Å². The molecule has 0 spiro atoms. The van der Waals surface area contributed by atoms with Gasteiger partial charge in [0.25, 0.3) is 0 Å². The van der Waals surface area contributed by atoms with Gasteiger partial charge in [0.05, 0.1) is 5.60 Å². The highest BCUT2D eigenvalue weighted by Crippen LogP contribution is 2.33. The zero-order valence-corrected chi connectivity index (χ0v) is 9.63. The Morgan fingerprint density at radius 3 is 2.50 bits per heavy atom. The second kappa shape index (κ2) is 5.13. The number of aliphatic hydroxyl groups is 1. The van der Waals surface area contributed by atoms with Crippen molar-refractivity contribution < 1.29 is 5.11 Å². The van der Waals surface area contributed by atoms with Gasteiger partial charge in [-0.05, 0) is 38.0 Å². The van der Waals surface area contributed by atoms with Crippen LogP contribution in [0.25, 0.3) is 0 Å². The lowest BCUT2D eigenvalue weighted by Gasteiger charge is -2.36. The van der Waals surface area contributed by atoms with E-state index in [1.54, 1.807) is 0 Å². The molecule has 1 atom stereocenters. The molecule has 0 bridgehead atoms. The molecule has 84 valence electrons. The summed E-state index contributed by atoms with van der Waals surface area (Å²) in [6, 6.07) is 0.330. The number of nitrogens with two attached hydrogens (primary N) is 1. The topological polar surface area (TPSA) is 46.2 Å². The van der Waals surface area contributed by atoms with E-state index in [9.17, 15) is 5.11 Å². The normalized spacial score (nSPS) is 35.6. The molecule has 2 nitrogen and oxygen atoms in total. The van der Waals surface area contributed by atoms with E-state index in [0.29, 0.717) is 12.0 Å². The molecule has 0 saturated heterocycles. The maximum absolute atomic E-state index is 10.3. The van der Waals surface area contributed by atoms with Crippen LogP contribution in [0.1, 0.15) is 58.8 Å². The van der Waals surface area contributed by atoms with Crippen LogP contribution in [0, 0.1) is 5.92 Å². The van der Waals surface area contributed by atoms with E-state index in [1.165, 1.54) is 12.8 Å². The minimum Gasteiger partial charge on any atom is -0.390 e. The van der Waals surface area contributed by atoms with Crippen LogP contribution in [-0.4, -0.2) is 16.7 Å². The fourth-order valence-corrected chi connectivity index (χ4v) is 2.63. The van der Waals surface area contributed by atoms with Crippen molar-refractivity contribution >= 4 is 0 Å². The Balaban J connectivity index is 2.34. The van der Waals surface area contributed by atoms with Gasteiger partial charge in [0.15, 0.2) is 0 Å². The zero-order valence-electron chi connectivity index (χ0n) is 9.63. The third-order valence-corrected chi connectivity index (χ3v) is 3.47. The average molecular weight is 199 g/mol. The highest BCUT2D eigenvalue weighted by Gasteiger charge is 2.32. The summed E-state index contributed by atoms with van der Waals surface area (Å²) in [5.74, 6) is 0.652. The fraction of sp³-hybridized carbons (Fsp3) is 1.00. The molecule has 0 radical (unpaired) electrons. The van der Waals surface area contributed by atoms with Gasteiger partial charge >= 0.3 is 0 Å². The van der Waals surface area contributed by atoms with E-state index >= 15 is 0 Å². The van der Waals surface area contributed by atoms with E-state index in [4.69, 9.17) is 5.73 Å². The summed E-state index contributed by atoms with van der Waals surface area (Å²) in [4.78, 5) is 0. The first kappa shape index (κ1) is 12.0. The second-order valence-electron chi connectivity index (χ2n) is 5.16. The van der Waals surface area contributed by atoms with Crippen LogP contribution in [0.15, 0.2) is 0 Å². The monoisotopic (exact) mass is 199 g/mol. The van der Waals surface area contributed by atoms with Crippen LogP contribution in [0.2, 0.25) is 0 Å². The van der Waals surface area contributed by atoms with Gasteiger partial charge < -0.3 is 10.8 Å². The lowest BCUT2D eigenvalue weighted by Crippen LogP contribution is -2.39. The van der Waals surface area contributed by atoms with Gasteiger partial charge in [-0.2, -0.15) is 0 Å². The van der Waals surface area contributed by atoms with Gasteiger partial charge in [0, 0.05) is 6.04 Å². The van der Waals surface area contributed by atoms with Crippen molar-refractivity contribution in [3.05, 3.63) is 0 Å². The standard InChI is InChI=1S/C12H25NO/c1-3-4-10(2)9-12(14)7-5-11(13)6-8-12/h10-11,14H,3-9,13H2,1-2H3. The van der Waals surface area contributed by atoms with Gasteiger partial charge in [0.2, 0.25) is 0 Å². The Morgan fingerprint density at radius 1 is 1.43 bits per heavy atom. The Labute approximate surface area is 87.9 Å². The molecule has 1 fully saturated rings. The lowest BCUT2D eigenvalue weighted by atomic mass is 9.77. The van der Waals surface area contributed by atoms with Crippen molar-refractivity contribution in [1.29, 1.82) is 0 Å². The van der Waals surface area contributed by atoms with Crippen LogP contribution in [0.3, 0.4) is 0 Å². The van der Waals surface area contributed by atoms with Crippen LogP contribution in [-0.2, 0) is 0 Å². The van der Waals surface area contributed by atoms with Gasteiger partial charge in [0.1, 0.15) is 0 Å². The minimum atomic E-state index is -0.398. The number of hydrogen-bond donors (Lipinski definition) is 2. The summed E-state index contributed by atoms with van der Waals surface area (Å²) >= 11 is 0. The Hall–Kier alpha value is -0.0800. The SMILES string of the molecule is CCCC(C)CC1(O)CCC(N)CC1. The zero-order chi connectivity index (χ0) is 10.6. The summed E-state index contributed by atoms with van der Waals surface area (Å²) in [6.07, 6.45) is 7.22. The summed E-state index contributed by atoms with van der Waals surface area (Å²) in [5, 5.41) is 10.3. The molecule has 14 heavy (non-hydrogen) atoms. The molecule has 0 aliphatic heterocycles. The van der Waals surface area contributed by atoms with Crippen LogP contribution < -0.4 is 5.73 Å². The van der Waals surface area contributed by atoms with Gasteiger partial charge in [-0.15, -0.1) is 0 Å². The lowest BCUT2D eigenvalue weighted by molar-refractivity contribution is -0.0203. The molecule has 0 amide bonds. The highest BCUT2D eigenvalue weighted by atomic mass is 16.3. The van der Waals surface area contributed by atoms with Gasteiger partial charge in [-0.25, -0.2) is 0 Å². The Kier molecular flexibility index (Phi) is 4.39. The quantitative estimate of drug-likeness (QED) is 0.730. The van der Waals surface area contributed by atoms with Crippen molar-refractivity contribution in [1.82, 2.24) is 0 Å². The molecule has 1 saturated carbocycles. The summed E-state index contributed by atoms with van der Waals surface area (Å²) in [7, 11) is 0. The minimum absolute atomic E-state index is 0.330. The molecule has 1 unspecified atom stereocenters. The molecular weight excluding hydrogens is 174 g/mol. The van der Waals surface area contributed by atoms with Crippen molar-refractivity contribution in [3.8, 4) is 0 Å². The summed E-state index contributed by atoms with van der Waals surface area (Å²) < 4.78 is 0. The number of rotatable bonds is 4. The average Bonchev–Trinajstić information content (AvgIpc) is 2.11. The highest BCUT2D eigenvalue weighted by molar-refractivity contribution is 4.87. The summed E-state index contributed by atoms with van der Waals surface area (Å²) in [6.45, 7) is 4.45. The molecule has 0 aromatic carbocycles. The molecule has 0 aromatic rings. The number of hydrogen-bond acceptors (Lipinski definition) is 2. The fourth-order valence-electron chi connectivity index (χ4n) is 2.63. The van der Waals surface area contributed by atoms with Crippen molar-refractivity contribution in [2.24, 2.45) is 11.7 Å². The van der Waals surface area contributed by atoms with Crippen LogP contribution >= 0.6 is 0 Å².